The van der Waals surface area contributed by atoms with Crippen LogP contribution in [0.3, 0.4) is 0 Å². The van der Waals surface area contributed by atoms with Crippen molar-refractivity contribution in [3.8, 4) is 0 Å². The van der Waals surface area contributed by atoms with Crippen molar-refractivity contribution in [3.63, 3.8) is 0 Å². The second kappa shape index (κ2) is 5.98. The van der Waals surface area contributed by atoms with Crippen molar-refractivity contribution in [2.45, 2.75) is 38.9 Å². The van der Waals surface area contributed by atoms with E-state index in [2.05, 4.69) is 64.3 Å². The zero-order chi connectivity index (χ0) is 12.3. The molecule has 2 rings (SSSR count). The van der Waals surface area contributed by atoms with Crippen LogP contribution in [0, 0.1) is 0 Å². The summed E-state index contributed by atoms with van der Waals surface area (Å²) in [7, 11) is 0. The van der Waals surface area contributed by atoms with E-state index in [1.54, 1.807) is 0 Å². The van der Waals surface area contributed by atoms with Crippen LogP contribution in [0.2, 0.25) is 0 Å². The molecular formula is C14H21BrN2. The molecule has 1 fully saturated rings. The van der Waals surface area contributed by atoms with Crippen molar-refractivity contribution in [2.24, 2.45) is 0 Å². The fraction of sp³-hybridized carbons (Fsp3) is 0.571. The number of nitrogens with one attached hydrogen (secondary N) is 1. The Morgan fingerprint density at radius 2 is 2.18 bits per heavy atom. The largest absolute Gasteiger partial charge is 0.310 e. The van der Waals surface area contributed by atoms with E-state index in [0.29, 0.717) is 12.1 Å². The monoisotopic (exact) mass is 296 g/mol. The lowest BCUT2D eigenvalue weighted by atomic mass is 10.2. The number of hydrogen-bond acceptors (Lipinski definition) is 2. The third-order valence-electron chi connectivity index (χ3n) is 3.19. The molecule has 1 N–H and O–H groups in total. The third-order valence-corrected chi connectivity index (χ3v) is 3.97. The molecule has 0 aliphatic carbocycles. The van der Waals surface area contributed by atoms with Crippen LogP contribution in [0.25, 0.3) is 0 Å². The fourth-order valence-electron chi connectivity index (χ4n) is 2.45. The lowest BCUT2D eigenvalue weighted by molar-refractivity contribution is 0.316. The molecule has 1 aliphatic rings. The van der Waals surface area contributed by atoms with E-state index >= 15 is 0 Å². The number of benzene rings is 1. The van der Waals surface area contributed by atoms with E-state index in [4.69, 9.17) is 0 Å². The maximum absolute atomic E-state index is 3.62. The second-order valence-electron chi connectivity index (χ2n) is 5.13. The van der Waals surface area contributed by atoms with E-state index in [9.17, 15) is 0 Å². The van der Waals surface area contributed by atoms with Crippen molar-refractivity contribution < 1.29 is 0 Å². The van der Waals surface area contributed by atoms with Crippen molar-refractivity contribution in [1.82, 2.24) is 10.2 Å². The number of nitrogens with zero attached hydrogens (tertiary/aromatic N) is 1. The van der Waals surface area contributed by atoms with Crippen molar-refractivity contribution in [3.05, 3.63) is 34.3 Å². The smallest absolute Gasteiger partial charge is 0.0245 e. The zero-order valence-corrected chi connectivity index (χ0v) is 12.2. The molecule has 0 bridgehead atoms. The first-order chi connectivity index (χ1) is 8.15. The van der Waals surface area contributed by atoms with Crippen LogP contribution < -0.4 is 5.32 Å². The van der Waals surface area contributed by atoms with E-state index in [0.717, 1.165) is 6.54 Å². The average Bonchev–Trinajstić information content (AvgIpc) is 2.68. The van der Waals surface area contributed by atoms with Gasteiger partial charge in [-0.2, -0.15) is 0 Å². The second-order valence-corrected chi connectivity index (χ2v) is 5.99. The maximum Gasteiger partial charge on any atom is 0.0245 e. The highest BCUT2D eigenvalue weighted by Crippen LogP contribution is 2.20. The minimum Gasteiger partial charge on any atom is -0.310 e. The molecule has 2 nitrogen and oxygen atoms in total. The predicted octanol–water partition coefficient (Wildman–Crippen LogP) is 3.02. The van der Waals surface area contributed by atoms with Crippen LogP contribution in [-0.2, 0) is 6.54 Å². The first kappa shape index (κ1) is 13.1. The molecule has 0 aromatic heterocycles. The Bertz CT molecular complexity index is 365. The standard InChI is InChI=1S/C14H21BrN2/c1-11(2)16-13-7-8-17(10-13)9-12-5-3-4-6-14(12)15/h3-6,11,13,16H,7-10H2,1-2H3. The molecule has 1 unspecified atom stereocenters. The van der Waals surface area contributed by atoms with Crippen LogP contribution in [0.4, 0.5) is 0 Å². The van der Waals surface area contributed by atoms with Gasteiger partial charge in [-0.3, -0.25) is 4.90 Å². The lowest BCUT2D eigenvalue weighted by Gasteiger charge is -2.18. The quantitative estimate of drug-likeness (QED) is 0.919. The van der Waals surface area contributed by atoms with Gasteiger partial charge in [-0.1, -0.05) is 48.0 Å². The van der Waals surface area contributed by atoms with Gasteiger partial charge in [0.2, 0.25) is 0 Å². The van der Waals surface area contributed by atoms with Crippen LogP contribution in [0.15, 0.2) is 28.7 Å². The van der Waals surface area contributed by atoms with Gasteiger partial charge in [0, 0.05) is 36.2 Å². The highest BCUT2D eigenvalue weighted by molar-refractivity contribution is 9.10. The van der Waals surface area contributed by atoms with Crippen LogP contribution in [0.5, 0.6) is 0 Å². The zero-order valence-electron chi connectivity index (χ0n) is 10.6. The summed E-state index contributed by atoms with van der Waals surface area (Å²) >= 11 is 3.62. The summed E-state index contributed by atoms with van der Waals surface area (Å²) in [4.78, 5) is 2.53. The summed E-state index contributed by atoms with van der Waals surface area (Å²) in [6.07, 6.45) is 1.27. The lowest BCUT2D eigenvalue weighted by Crippen LogP contribution is -2.36. The van der Waals surface area contributed by atoms with Gasteiger partial charge >= 0.3 is 0 Å². The molecule has 1 aromatic rings. The first-order valence-corrected chi connectivity index (χ1v) is 7.16. The summed E-state index contributed by atoms with van der Waals surface area (Å²) < 4.78 is 1.22. The van der Waals surface area contributed by atoms with Gasteiger partial charge in [0.1, 0.15) is 0 Å². The molecule has 1 atom stereocenters. The minimum atomic E-state index is 0.586. The molecule has 1 aliphatic heterocycles. The van der Waals surface area contributed by atoms with Gasteiger partial charge in [-0.25, -0.2) is 0 Å². The van der Waals surface area contributed by atoms with Crippen LogP contribution in [-0.4, -0.2) is 30.1 Å². The molecule has 94 valence electrons. The van der Waals surface area contributed by atoms with Crippen LogP contribution in [0.1, 0.15) is 25.8 Å². The number of halogens is 1. The molecule has 0 spiro atoms. The molecule has 0 saturated carbocycles. The Morgan fingerprint density at radius 3 is 2.88 bits per heavy atom. The molecule has 0 amide bonds. The Labute approximate surface area is 113 Å². The molecule has 1 saturated heterocycles. The Morgan fingerprint density at radius 1 is 1.41 bits per heavy atom. The Hall–Kier alpha value is -0.380. The minimum absolute atomic E-state index is 0.586. The third kappa shape index (κ3) is 3.80. The van der Waals surface area contributed by atoms with Gasteiger partial charge in [0.05, 0.1) is 0 Å². The van der Waals surface area contributed by atoms with Crippen molar-refractivity contribution in [1.29, 1.82) is 0 Å². The average molecular weight is 297 g/mol. The summed E-state index contributed by atoms with van der Waals surface area (Å²) in [6.45, 7) is 7.86. The molecular weight excluding hydrogens is 276 g/mol. The van der Waals surface area contributed by atoms with E-state index in [1.807, 2.05) is 0 Å². The molecule has 0 radical (unpaired) electrons. The molecule has 1 heterocycles. The normalized spacial score (nSPS) is 21.3. The molecule has 3 heteroatoms. The van der Waals surface area contributed by atoms with Gasteiger partial charge in [0.25, 0.3) is 0 Å². The predicted molar refractivity (Wildman–Crippen MR) is 76.1 cm³/mol. The first-order valence-electron chi connectivity index (χ1n) is 6.37. The number of rotatable bonds is 4. The highest BCUT2D eigenvalue weighted by atomic mass is 79.9. The van der Waals surface area contributed by atoms with E-state index in [1.165, 1.54) is 29.5 Å². The van der Waals surface area contributed by atoms with Crippen LogP contribution >= 0.6 is 15.9 Å². The summed E-state index contributed by atoms with van der Waals surface area (Å²) in [5.41, 5.74) is 1.39. The maximum atomic E-state index is 3.62. The van der Waals surface area contributed by atoms with Gasteiger partial charge in [0.15, 0.2) is 0 Å². The summed E-state index contributed by atoms with van der Waals surface area (Å²) in [6, 6.07) is 9.75. The van der Waals surface area contributed by atoms with Crippen molar-refractivity contribution in [2.75, 3.05) is 13.1 Å². The van der Waals surface area contributed by atoms with Gasteiger partial charge in [-0.15, -0.1) is 0 Å². The highest BCUT2D eigenvalue weighted by Gasteiger charge is 2.22. The SMILES string of the molecule is CC(C)NC1CCN(Cc2ccccc2Br)C1. The van der Waals surface area contributed by atoms with Crippen molar-refractivity contribution >= 4 is 15.9 Å². The molecule has 17 heavy (non-hydrogen) atoms. The number of likely N-dealkylation sites (tertiary alicyclic amines) is 1. The topological polar surface area (TPSA) is 15.3 Å². The Balaban J connectivity index is 1.88. The fourth-order valence-corrected chi connectivity index (χ4v) is 2.86. The van der Waals surface area contributed by atoms with Gasteiger partial charge < -0.3 is 5.32 Å². The number of hydrogen-bond donors (Lipinski definition) is 1. The molecule has 1 aromatic carbocycles. The Kier molecular flexibility index (Phi) is 4.60. The van der Waals surface area contributed by atoms with Gasteiger partial charge in [-0.05, 0) is 18.1 Å². The summed E-state index contributed by atoms with van der Waals surface area (Å²) in [5, 5.41) is 3.62. The van der Waals surface area contributed by atoms with E-state index < -0.39 is 0 Å². The van der Waals surface area contributed by atoms with E-state index in [-0.39, 0.29) is 0 Å². The summed E-state index contributed by atoms with van der Waals surface area (Å²) in [5.74, 6) is 0.